The molecule has 0 aromatic carbocycles. The molecule has 0 bridgehead atoms. The Morgan fingerprint density at radius 1 is 1.19 bits per heavy atom. The molecule has 0 aromatic rings. The first-order chi connectivity index (χ1) is 9.29. The molecule has 0 saturated heterocycles. The minimum absolute atomic E-state index is 0.560. The predicted octanol–water partition coefficient (Wildman–Crippen LogP) is 2.64. The SMILES string of the molecule is C=CC(=O)OCC(O)CC(F)(F)C(F)(F)C(F)(F)C(F)F. The fourth-order valence-electron chi connectivity index (χ4n) is 1.10. The van der Waals surface area contributed by atoms with Gasteiger partial charge in [0.15, 0.2) is 0 Å². The maximum absolute atomic E-state index is 13.0. The third kappa shape index (κ3) is 4.29. The fourth-order valence-corrected chi connectivity index (χ4v) is 1.10. The van der Waals surface area contributed by atoms with E-state index >= 15 is 0 Å². The molecule has 0 aromatic heterocycles. The van der Waals surface area contributed by atoms with Crippen LogP contribution in [0, 0.1) is 0 Å². The van der Waals surface area contributed by atoms with E-state index in [1.165, 1.54) is 0 Å². The highest BCUT2D eigenvalue weighted by Crippen LogP contribution is 2.50. The highest BCUT2D eigenvalue weighted by molar-refractivity contribution is 5.81. The first kappa shape index (κ1) is 19.6. The van der Waals surface area contributed by atoms with Crippen molar-refractivity contribution in [1.29, 1.82) is 0 Å². The van der Waals surface area contributed by atoms with Crippen LogP contribution in [0.3, 0.4) is 0 Å². The number of aliphatic hydroxyl groups is 1. The number of carbonyl (C=O) groups is 1. The van der Waals surface area contributed by atoms with Gasteiger partial charge in [0, 0.05) is 12.5 Å². The molecule has 124 valence electrons. The average Bonchev–Trinajstić information content (AvgIpc) is 2.34. The van der Waals surface area contributed by atoms with Gasteiger partial charge in [-0.2, -0.15) is 26.3 Å². The maximum Gasteiger partial charge on any atom is 0.377 e. The molecule has 0 fully saturated rings. The van der Waals surface area contributed by atoms with Gasteiger partial charge in [0.05, 0.1) is 6.10 Å². The van der Waals surface area contributed by atoms with E-state index in [1.54, 1.807) is 0 Å². The summed E-state index contributed by atoms with van der Waals surface area (Å²) < 4.78 is 104. The van der Waals surface area contributed by atoms with Gasteiger partial charge in [0.25, 0.3) is 0 Å². The molecule has 0 rings (SSSR count). The van der Waals surface area contributed by atoms with Crippen LogP contribution in [0.1, 0.15) is 6.42 Å². The zero-order valence-electron chi connectivity index (χ0n) is 10.1. The number of rotatable bonds is 8. The Morgan fingerprint density at radius 2 is 1.67 bits per heavy atom. The lowest BCUT2D eigenvalue weighted by Crippen LogP contribution is -2.58. The van der Waals surface area contributed by atoms with Crippen LogP contribution in [-0.4, -0.2) is 48.0 Å². The summed E-state index contributed by atoms with van der Waals surface area (Å²) in [4.78, 5) is 10.5. The summed E-state index contributed by atoms with van der Waals surface area (Å²) in [7, 11) is 0. The molecule has 0 saturated carbocycles. The zero-order chi connectivity index (χ0) is 17.1. The molecule has 1 atom stereocenters. The standard InChI is InChI=1S/C10H10F8O3/c1-2-6(20)21-4-5(19)3-8(13,14)10(17,18)9(15,16)7(11)12/h2,5,7,19H,1,3-4H2. The van der Waals surface area contributed by atoms with Crippen LogP contribution in [0.4, 0.5) is 35.1 Å². The average molecular weight is 330 g/mol. The molecule has 0 aliphatic rings. The van der Waals surface area contributed by atoms with Crippen molar-refractivity contribution in [2.24, 2.45) is 0 Å². The van der Waals surface area contributed by atoms with Gasteiger partial charge in [-0.05, 0) is 0 Å². The third-order valence-electron chi connectivity index (χ3n) is 2.23. The Hall–Kier alpha value is -1.39. The van der Waals surface area contributed by atoms with Crippen LogP contribution in [-0.2, 0) is 9.53 Å². The van der Waals surface area contributed by atoms with Crippen molar-refractivity contribution in [3.63, 3.8) is 0 Å². The first-order valence-electron chi connectivity index (χ1n) is 5.18. The molecule has 1 unspecified atom stereocenters. The van der Waals surface area contributed by atoms with E-state index in [1.807, 2.05) is 0 Å². The van der Waals surface area contributed by atoms with E-state index in [2.05, 4.69) is 11.3 Å². The summed E-state index contributed by atoms with van der Waals surface area (Å²) in [6.45, 7) is 1.67. The van der Waals surface area contributed by atoms with Crippen molar-refractivity contribution in [1.82, 2.24) is 0 Å². The van der Waals surface area contributed by atoms with Gasteiger partial charge in [0.2, 0.25) is 0 Å². The molecular weight excluding hydrogens is 320 g/mol. The van der Waals surface area contributed by atoms with E-state index in [-0.39, 0.29) is 0 Å². The molecule has 0 spiro atoms. The summed E-state index contributed by atoms with van der Waals surface area (Å²) in [5.74, 6) is -19.6. The molecule has 0 radical (unpaired) electrons. The van der Waals surface area contributed by atoms with Crippen molar-refractivity contribution in [2.75, 3.05) is 6.61 Å². The van der Waals surface area contributed by atoms with Crippen LogP contribution in [0.5, 0.6) is 0 Å². The van der Waals surface area contributed by atoms with Crippen molar-refractivity contribution < 1.29 is 49.8 Å². The topological polar surface area (TPSA) is 46.5 Å². The van der Waals surface area contributed by atoms with E-state index < -0.39 is 49.3 Å². The second-order valence-electron chi connectivity index (χ2n) is 3.89. The van der Waals surface area contributed by atoms with Crippen molar-refractivity contribution in [3.8, 4) is 0 Å². The Balaban J connectivity index is 4.95. The maximum atomic E-state index is 13.0. The Kier molecular flexibility index (Phi) is 6.15. The Labute approximate surface area is 113 Å². The van der Waals surface area contributed by atoms with Gasteiger partial charge in [0.1, 0.15) is 6.61 Å². The van der Waals surface area contributed by atoms with Crippen molar-refractivity contribution in [2.45, 2.75) is 36.7 Å². The van der Waals surface area contributed by atoms with Crippen LogP contribution in [0.25, 0.3) is 0 Å². The number of hydrogen-bond donors (Lipinski definition) is 1. The lowest BCUT2D eigenvalue weighted by Gasteiger charge is -2.33. The van der Waals surface area contributed by atoms with Gasteiger partial charge in [-0.1, -0.05) is 6.58 Å². The number of esters is 1. The quantitative estimate of drug-likeness (QED) is 0.423. The normalized spacial score (nSPS) is 15.0. The minimum Gasteiger partial charge on any atom is -0.460 e. The number of ether oxygens (including phenoxy) is 1. The van der Waals surface area contributed by atoms with E-state index in [0.717, 1.165) is 0 Å². The zero-order valence-corrected chi connectivity index (χ0v) is 10.1. The highest BCUT2D eigenvalue weighted by atomic mass is 19.4. The van der Waals surface area contributed by atoms with E-state index in [0.29, 0.717) is 6.08 Å². The second-order valence-corrected chi connectivity index (χ2v) is 3.89. The van der Waals surface area contributed by atoms with Crippen LogP contribution < -0.4 is 0 Å². The first-order valence-corrected chi connectivity index (χ1v) is 5.18. The summed E-state index contributed by atoms with van der Waals surface area (Å²) in [6, 6.07) is 0. The number of hydrogen-bond acceptors (Lipinski definition) is 3. The third-order valence-corrected chi connectivity index (χ3v) is 2.23. The molecule has 21 heavy (non-hydrogen) atoms. The lowest BCUT2D eigenvalue weighted by atomic mass is 9.99. The van der Waals surface area contributed by atoms with E-state index in [4.69, 9.17) is 5.11 Å². The smallest absolute Gasteiger partial charge is 0.377 e. The molecule has 11 heteroatoms. The van der Waals surface area contributed by atoms with Crippen LogP contribution >= 0.6 is 0 Å². The van der Waals surface area contributed by atoms with Gasteiger partial charge >= 0.3 is 30.2 Å². The molecule has 0 heterocycles. The fraction of sp³-hybridized carbons (Fsp3) is 0.700. The second kappa shape index (κ2) is 6.58. The van der Waals surface area contributed by atoms with Gasteiger partial charge in [-0.3, -0.25) is 0 Å². The lowest BCUT2D eigenvalue weighted by molar-refractivity contribution is -0.342. The van der Waals surface area contributed by atoms with Gasteiger partial charge in [-0.25, -0.2) is 13.6 Å². The molecule has 0 aliphatic carbocycles. The van der Waals surface area contributed by atoms with Crippen LogP contribution in [0.2, 0.25) is 0 Å². The van der Waals surface area contributed by atoms with Crippen LogP contribution in [0.15, 0.2) is 12.7 Å². The molecule has 0 aliphatic heterocycles. The Morgan fingerprint density at radius 3 is 2.05 bits per heavy atom. The molecule has 0 amide bonds. The van der Waals surface area contributed by atoms with Crippen molar-refractivity contribution >= 4 is 5.97 Å². The minimum atomic E-state index is -6.41. The predicted molar refractivity (Wildman–Crippen MR) is 52.6 cm³/mol. The summed E-state index contributed by atoms with van der Waals surface area (Å²) in [6.07, 6.45) is -9.26. The van der Waals surface area contributed by atoms with E-state index in [9.17, 15) is 39.9 Å². The number of halogens is 8. The van der Waals surface area contributed by atoms with Crippen molar-refractivity contribution in [3.05, 3.63) is 12.7 Å². The number of aliphatic hydroxyl groups excluding tert-OH is 1. The summed E-state index contributed by atoms with van der Waals surface area (Å²) in [5.41, 5.74) is 0. The molecule has 1 N–H and O–H groups in total. The monoisotopic (exact) mass is 330 g/mol. The van der Waals surface area contributed by atoms with Gasteiger partial charge in [-0.15, -0.1) is 0 Å². The highest BCUT2D eigenvalue weighted by Gasteiger charge is 2.75. The number of carbonyl (C=O) groups excluding carboxylic acids is 1. The number of alkyl halides is 8. The summed E-state index contributed by atoms with van der Waals surface area (Å²) >= 11 is 0. The van der Waals surface area contributed by atoms with Gasteiger partial charge < -0.3 is 9.84 Å². The molecular formula is C10H10F8O3. The Bertz CT molecular complexity index is 382. The summed E-state index contributed by atoms with van der Waals surface area (Å²) in [5, 5.41) is 8.94. The largest absolute Gasteiger partial charge is 0.460 e. The molecule has 3 nitrogen and oxygen atoms in total.